The maximum absolute atomic E-state index is 13.5. The van der Waals surface area contributed by atoms with Crippen molar-refractivity contribution in [2.75, 3.05) is 12.3 Å². The molecule has 3 aromatic rings. The summed E-state index contributed by atoms with van der Waals surface area (Å²) in [7, 11) is 0. The molecule has 9 heteroatoms. The molecule has 0 bridgehead atoms. The largest absolute Gasteiger partial charge is 0.395 e. The van der Waals surface area contributed by atoms with Crippen molar-refractivity contribution in [1.29, 1.82) is 0 Å². The number of ketones is 1. The lowest BCUT2D eigenvalue weighted by Crippen LogP contribution is -2.07. The number of imidazole rings is 1. The number of aromatic nitrogens is 2. The van der Waals surface area contributed by atoms with Gasteiger partial charge in [0.15, 0.2) is 5.78 Å². The molecule has 0 saturated heterocycles. The van der Waals surface area contributed by atoms with Gasteiger partial charge >= 0.3 is 0 Å². The van der Waals surface area contributed by atoms with Gasteiger partial charge in [-0.3, -0.25) is 4.79 Å². The Morgan fingerprint density at radius 1 is 1.36 bits per heavy atom. The minimum absolute atomic E-state index is 0.0465. The van der Waals surface area contributed by atoms with E-state index < -0.39 is 11.6 Å². The Morgan fingerprint density at radius 3 is 2.76 bits per heavy atom. The van der Waals surface area contributed by atoms with Gasteiger partial charge < -0.3 is 15.4 Å². The van der Waals surface area contributed by atoms with Crippen molar-refractivity contribution < 1.29 is 14.3 Å². The third-order valence-electron chi connectivity index (χ3n) is 3.69. The maximum atomic E-state index is 13.5. The second-order valence-electron chi connectivity index (χ2n) is 5.21. The predicted octanol–water partition coefficient (Wildman–Crippen LogP) is 4.16. The first-order valence-electron chi connectivity index (χ1n) is 7.09. The van der Waals surface area contributed by atoms with Gasteiger partial charge in [-0.15, -0.1) is 0 Å². The summed E-state index contributed by atoms with van der Waals surface area (Å²) in [6.45, 7) is 0.161. The van der Waals surface area contributed by atoms with Crippen LogP contribution in [0.5, 0.6) is 0 Å². The maximum Gasteiger partial charge on any atom is 0.201 e. The van der Waals surface area contributed by atoms with E-state index in [9.17, 15) is 14.3 Å². The summed E-state index contributed by atoms with van der Waals surface area (Å²) in [5.74, 6) is -0.803. The van der Waals surface area contributed by atoms with Crippen LogP contribution in [0.2, 0.25) is 5.02 Å². The average Bonchev–Trinajstić information content (AvgIpc) is 2.87. The summed E-state index contributed by atoms with van der Waals surface area (Å²) < 4.78 is 16.0. The fraction of sp³-hybridized carbons (Fsp3) is 0.125. The highest BCUT2D eigenvalue weighted by Gasteiger charge is 2.24. The molecule has 25 heavy (non-hydrogen) atoms. The number of halogens is 4. The van der Waals surface area contributed by atoms with Crippen LogP contribution in [-0.4, -0.2) is 27.0 Å². The Bertz CT molecular complexity index is 1010. The van der Waals surface area contributed by atoms with Crippen LogP contribution in [0.15, 0.2) is 33.2 Å². The van der Waals surface area contributed by atoms with Gasteiger partial charge in [0.2, 0.25) is 5.95 Å². The first-order valence-corrected chi connectivity index (χ1v) is 9.05. The number of benzene rings is 2. The fourth-order valence-corrected chi connectivity index (χ4v) is 4.31. The minimum atomic E-state index is -0.558. The molecule has 130 valence electrons. The highest BCUT2D eigenvalue weighted by atomic mass is 79.9. The fourth-order valence-electron chi connectivity index (χ4n) is 2.56. The van der Waals surface area contributed by atoms with E-state index in [1.54, 1.807) is 10.6 Å². The number of carbonyl (C=O) groups excluding carboxylic acids is 1. The van der Waals surface area contributed by atoms with Gasteiger partial charge in [-0.2, -0.15) is 0 Å². The number of hydrogen-bond acceptors (Lipinski definition) is 4. The SMILES string of the molecule is Nc1nc2c(Br)c(C(=O)c3cc(F)ccc3Cl)c(Br)cc2n1CCO. The third-order valence-corrected chi connectivity index (χ3v) is 5.42. The molecule has 1 aromatic heterocycles. The number of carbonyl (C=O) groups is 1. The standard InChI is InChI=1S/C16H11Br2ClFN3O2/c17-9-6-11-14(22-16(21)23(11)3-4-24)13(18)12(9)15(25)8-5-7(20)1-2-10(8)19/h1-2,5-6,24H,3-4H2,(H2,21,22). The molecule has 0 spiro atoms. The van der Waals surface area contributed by atoms with E-state index in [4.69, 9.17) is 17.3 Å². The van der Waals surface area contributed by atoms with E-state index in [0.29, 0.717) is 20.0 Å². The summed E-state index contributed by atoms with van der Waals surface area (Å²) in [6, 6.07) is 5.29. The van der Waals surface area contributed by atoms with Crippen LogP contribution in [0.3, 0.4) is 0 Å². The van der Waals surface area contributed by atoms with Crippen molar-refractivity contribution in [3.63, 3.8) is 0 Å². The Morgan fingerprint density at radius 2 is 2.08 bits per heavy atom. The molecule has 2 aromatic carbocycles. The van der Waals surface area contributed by atoms with Gasteiger partial charge in [0, 0.05) is 16.6 Å². The lowest BCUT2D eigenvalue weighted by atomic mass is 10.0. The quantitative estimate of drug-likeness (QED) is 0.537. The van der Waals surface area contributed by atoms with Crippen LogP contribution in [0.4, 0.5) is 10.3 Å². The van der Waals surface area contributed by atoms with Crippen LogP contribution >= 0.6 is 43.5 Å². The van der Waals surface area contributed by atoms with E-state index in [1.807, 2.05) is 0 Å². The van der Waals surface area contributed by atoms with Gasteiger partial charge in [0.05, 0.1) is 27.2 Å². The molecular formula is C16H11Br2ClFN3O2. The van der Waals surface area contributed by atoms with Crippen molar-refractivity contribution in [2.24, 2.45) is 0 Å². The average molecular weight is 492 g/mol. The molecule has 3 N–H and O–H groups in total. The molecule has 1 heterocycles. The zero-order chi connectivity index (χ0) is 18.3. The number of nitrogens with two attached hydrogens (primary N) is 1. The molecule has 0 fully saturated rings. The number of aliphatic hydroxyl groups is 1. The van der Waals surface area contributed by atoms with Crippen molar-refractivity contribution in [2.45, 2.75) is 6.54 Å². The van der Waals surface area contributed by atoms with E-state index in [2.05, 4.69) is 36.8 Å². The van der Waals surface area contributed by atoms with Crippen LogP contribution in [0.1, 0.15) is 15.9 Å². The van der Waals surface area contributed by atoms with Gasteiger partial charge in [-0.05, 0) is 56.1 Å². The normalized spacial score (nSPS) is 11.2. The van der Waals surface area contributed by atoms with Gasteiger partial charge in [0.1, 0.15) is 11.3 Å². The van der Waals surface area contributed by atoms with Crippen LogP contribution in [-0.2, 0) is 6.54 Å². The minimum Gasteiger partial charge on any atom is -0.395 e. The van der Waals surface area contributed by atoms with Crippen molar-refractivity contribution in [3.8, 4) is 0 Å². The Balaban J connectivity index is 2.23. The predicted molar refractivity (Wildman–Crippen MR) is 101 cm³/mol. The lowest BCUT2D eigenvalue weighted by Gasteiger charge is -2.10. The summed E-state index contributed by atoms with van der Waals surface area (Å²) in [4.78, 5) is 17.2. The molecule has 0 radical (unpaired) electrons. The number of nitrogen functional groups attached to an aromatic ring is 1. The van der Waals surface area contributed by atoms with Gasteiger partial charge in [-0.25, -0.2) is 9.37 Å². The molecule has 0 saturated carbocycles. The molecule has 0 amide bonds. The Labute approximate surface area is 163 Å². The summed E-state index contributed by atoms with van der Waals surface area (Å²) in [5, 5.41) is 9.33. The molecular weight excluding hydrogens is 480 g/mol. The van der Waals surface area contributed by atoms with E-state index in [0.717, 1.165) is 6.07 Å². The van der Waals surface area contributed by atoms with E-state index >= 15 is 0 Å². The summed E-state index contributed by atoms with van der Waals surface area (Å²) in [5.41, 5.74) is 7.30. The molecule has 0 atom stereocenters. The second-order valence-corrected chi connectivity index (χ2v) is 7.27. The molecule has 0 aliphatic rings. The number of fused-ring (bicyclic) bond motifs is 1. The van der Waals surface area contributed by atoms with E-state index in [1.165, 1.54) is 12.1 Å². The smallest absolute Gasteiger partial charge is 0.201 e. The third kappa shape index (κ3) is 3.19. The highest BCUT2D eigenvalue weighted by molar-refractivity contribution is 9.11. The van der Waals surface area contributed by atoms with Crippen LogP contribution in [0.25, 0.3) is 11.0 Å². The number of anilines is 1. The van der Waals surface area contributed by atoms with Crippen molar-refractivity contribution in [1.82, 2.24) is 9.55 Å². The molecule has 0 aliphatic heterocycles. The molecule has 0 aliphatic carbocycles. The number of aliphatic hydroxyl groups excluding tert-OH is 1. The second kappa shape index (κ2) is 7.03. The first-order chi connectivity index (χ1) is 11.8. The van der Waals surface area contributed by atoms with Crippen molar-refractivity contribution in [3.05, 3.63) is 55.2 Å². The number of rotatable bonds is 4. The lowest BCUT2D eigenvalue weighted by molar-refractivity contribution is 0.103. The summed E-state index contributed by atoms with van der Waals surface area (Å²) >= 11 is 12.8. The van der Waals surface area contributed by atoms with Gasteiger partial charge in [0.25, 0.3) is 0 Å². The Kier molecular flexibility index (Phi) is 5.15. The first kappa shape index (κ1) is 18.3. The number of nitrogens with zero attached hydrogens (tertiary/aromatic N) is 2. The highest BCUT2D eigenvalue weighted by Crippen LogP contribution is 2.36. The van der Waals surface area contributed by atoms with Crippen LogP contribution < -0.4 is 5.73 Å². The molecule has 3 rings (SSSR count). The van der Waals surface area contributed by atoms with E-state index in [-0.39, 0.29) is 35.2 Å². The molecule has 5 nitrogen and oxygen atoms in total. The zero-order valence-corrected chi connectivity index (χ0v) is 16.5. The summed E-state index contributed by atoms with van der Waals surface area (Å²) in [6.07, 6.45) is 0. The monoisotopic (exact) mass is 489 g/mol. The topological polar surface area (TPSA) is 81.1 Å². The van der Waals surface area contributed by atoms with Crippen molar-refractivity contribution >= 4 is 66.2 Å². The zero-order valence-electron chi connectivity index (χ0n) is 12.6. The number of hydrogen-bond donors (Lipinski definition) is 2. The van der Waals surface area contributed by atoms with Crippen LogP contribution in [0, 0.1) is 5.82 Å². The Hall–Kier alpha value is -1.48. The van der Waals surface area contributed by atoms with Gasteiger partial charge in [-0.1, -0.05) is 11.6 Å². The molecule has 0 unspecified atom stereocenters.